The first kappa shape index (κ1) is 24.0. The molecule has 0 unspecified atom stereocenters. The number of pyridine rings is 1. The number of amides is 2. The molecule has 0 aliphatic rings. The van der Waals surface area contributed by atoms with Crippen LogP contribution in [0.2, 0.25) is 0 Å². The summed E-state index contributed by atoms with van der Waals surface area (Å²) < 4.78 is 37.1. The molecule has 3 aromatic rings. The van der Waals surface area contributed by atoms with Gasteiger partial charge in [0, 0.05) is 25.4 Å². The van der Waals surface area contributed by atoms with Crippen LogP contribution in [0.5, 0.6) is 17.4 Å². The Morgan fingerprint density at radius 1 is 0.909 bits per heavy atom. The van der Waals surface area contributed by atoms with E-state index >= 15 is 0 Å². The molecule has 0 aliphatic carbocycles. The fraction of sp³-hybridized carbons (Fsp3) is 0.217. The summed E-state index contributed by atoms with van der Waals surface area (Å²) in [6, 6.07) is 16.8. The van der Waals surface area contributed by atoms with Crippen LogP contribution in [0.3, 0.4) is 0 Å². The molecule has 0 aliphatic heterocycles. The summed E-state index contributed by atoms with van der Waals surface area (Å²) in [6.45, 7) is 2.98. The normalized spacial score (nSPS) is 11.0. The fourth-order valence-corrected chi connectivity index (χ4v) is 3.56. The second-order valence-electron chi connectivity index (χ2n) is 6.87. The summed E-state index contributed by atoms with van der Waals surface area (Å²) in [5.74, 6) is 1.63. The molecule has 174 valence electrons. The van der Waals surface area contributed by atoms with E-state index in [9.17, 15) is 13.2 Å². The highest BCUT2D eigenvalue weighted by Crippen LogP contribution is 2.30. The van der Waals surface area contributed by atoms with Crippen molar-refractivity contribution in [3.05, 3.63) is 78.0 Å². The minimum Gasteiger partial charge on any atom is -0.490 e. The van der Waals surface area contributed by atoms with Gasteiger partial charge in [-0.05, 0) is 49.4 Å². The van der Waals surface area contributed by atoms with Gasteiger partial charge in [0.2, 0.25) is 15.9 Å². The first-order valence-electron chi connectivity index (χ1n) is 10.3. The zero-order valence-electron chi connectivity index (χ0n) is 18.4. The number of hydrogen-bond donors (Lipinski definition) is 3. The molecule has 3 N–H and O–H groups in total. The summed E-state index contributed by atoms with van der Waals surface area (Å²) in [6.07, 6.45) is 1.62. The molecule has 0 saturated carbocycles. The van der Waals surface area contributed by atoms with Crippen LogP contribution in [-0.2, 0) is 23.1 Å². The number of aromatic nitrogens is 1. The van der Waals surface area contributed by atoms with E-state index in [2.05, 4.69) is 20.3 Å². The van der Waals surface area contributed by atoms with Crippen molar-refractivity contribution in [2.45, 2.75) is 24.9 Å². The Balaban J connectivity index is 1.47. The van der Waals surface area contributed by atoms with Crippen LogP contribution >= 0.6 is 0 Å². The van der Waals surface area contributed by atoms with E-state index in [4.69, 9.17) is 9.47 Å². The number of nitrogens with one attached hydrogen (secondary N) is 3. The summed E-state index contributed by atoms with van der Waals surface area (Å²) in [4.78, 5) is 16.5. The maximum atomic E-state index is 12.1. The molecular formula is C23H26N4O5S. The highest BCUT2D eigenvalue weighted by atomic mass is 32.2. The van der Waals surface area contributed by atoms with E-state index < -0.39 is 10.0 Å². The van der Waals surface area contributed by atoms with Gasteiger partial charge in [-0.3, -0.25) is 0 Å². The van der Waals surface area contributed by atoms with Gasteiger partial charge in [-0.15, -0.1) is 0 Å². The average molecular weight is 471 g/mol. The van der Waals surface area contributed by atoms with Crippen molar-refractivity contribution in [1.29, 1.82) is 0 Å². The van der Waals surface area contributed by atoms with Crippen molar-refractivity contribution >= 4 is 16.1 Å². The Bertz CT molecular complexity index is 1170. The van der Waals surface area contributed by atoms with E-state index in [1.165, 1.54) is 19.2 Å². The Hall–Kier alpha value is -3.63. The van der Waals surface area contributed by atoms with Crippen LogP contribution in [0.15, 0.2) is 71.8 Å². The largest absolute Gasteiger partial charge is 0.490 e. The predicted molar refractivity (Wildman–Crippen MR) is 124 cm³/mol. The van der Waals surface area contributed by atoms with E-state index in [1.54, 1.807) is 30.5 Å². The van der Waals surface area contributed by atoms with Crippen LogP contribution in [0.1, 0.15) is 18.1 Å². The molecule has 0 atom stereocenters. The summed E-state index contributed by atoms with van der Waals surface area (Å²) in [5, 5.41) is 5.48. The number of para-hydroxylation sites is 2. The van der Waals surface area contributed by atoms with Crippen LogP contribution in [-0.4, -0.2) is 33.1 Å². The lowest BCUT2D eigenvalue weighted by molar-refractivity contribution is 0.240. The van der Waals surface area contributed by atoms with Gasteiger partial charge in [-0.1, -0.05) is 30.3 Å². The monoisotopic (exact) mass is 470 g/mol. The van der Waals surface area contributed by atoms with Gasteiger partial charge in [0.05, 0.1) is 11.5 Å². The molecule has 2 amide bonds. The Morgan fingerprint density at radius 2 is 1.55 bits per heavy atom. The van der Waals surface area contributed by atoms with E-state index in [1.807, 2.05) is 31.2 Å². The third-order valence-corrected chi connectivity index (χ3v) is 6.00. The second-order valence-corrected chi connectivity index (χ2v) is 8.76. The Kier molecular flexibility index (Phi) is 8.22. The lowest BCUT2D eigenvalue weighted by Gasteiger charge is -2.11. The number of benzene rings is 2. The Labute approximate surface area is 193 Å². The first-order valence-corrected chi connectivity index (χ1v) is 11.8. The molecule has 0 fully saturated rings. The zero-order valence-corrected chi connectivity index (χ0v) is 19.2. The number of ether oxygens (including phenoxy) is 2. The van der Waals surface area contributed by atoms with Crippen LogP contribution in [0, 0.1) is 0 Å². The molecule has 10 heteroatoms. The highest BCUT2D eigenvalue weighted by Gasteiger charge is 2.11. The first-order chi connectivity index (χ1) is 15.9. The summed E-state index contributed by atoms with van der Waals surface area (Å²) in [7, 11) is -2.13. The third kappa shape index (κ3) is 6.93. The van der Waals surface area contributed by atoms with Crippen LogP contribution in [0.4, 0.5) is 4.79 Å². The topological polar surface area (TPSA) is 119 Å². The third-order valence-electron chi connectivity index (χ3n) is 4.57. The molecule has 0 bridgehead atoms. The highest BCUT2D eigenvalue weighted by molar-refractivity contribution is 7.89. The molecular weight excluding hydrogens is 444 g/mol. The van der Waals surface area contributed by atoms with Gasteiger partial charge in [0.25, 0.3) is 0 Å². The standard InChI is InChI=1S/C23H26N4O5S/c1-3-31-20-6-4-5-7-21(20)32-22-13-10-18(15-25-22)16-27-23(28)26-14-17-8-11-19(12-9-17)33(29,30)24-2/h4-13,15,24H,3,14,16H2,1-2H3,(H2,26,27,28). The summed E-state index contributed by atoms with van der Waals surface area (Å²) in [5.41, 5.74) is 1.58. The van der Waals surface area contributed by atoms with Gasteiger partial charge in [0.1, 0.15) is 0 Å². The average Bonchev–Trinajstić information content (AvgIpc) is 2.84. The van der Waals surface area contributed by atoms with Crippen molar-refractivity contribution in [3.63, 3.8) is 0 Å². The minimum atomic E-state index is -3.48. The van der Waals surface area contributed by atoms with Gasteiger partial charge in [0.15, 0.2) is 11.5 Å². The maximum absolute atomic E-state index is 12.1. The lowest BCUT2D eigenvalue weighted by Crippen LogP contribution is -2.34. The van der Waals surface area contributed by atoms with Crippen molar-refractivity contribution in [2.75, 3.05) is 13.7 Å². The van der Waals surface area contributed by atoms with Gasteiger partial charge in [-0.25, -0.2) is 22.9 Å². The number of nitrogens with zero attached hydrogens (tertiary/aromatic N) is 1. The SMILES string of the molecule is CCOc1ccccc1Oc1ccc(CNC(=O)NCc2ccc(S(=O)(=O)NC)cc2)cn1. The van der Waals surface area contributed by atoms with Crippen molar-refractivity contribution < 1.29 is 22.7 Å². The lowest BCUT2D eigenvalue weighted by atomic mass is 10.2. The predicted octanol–water partition coefficient (Wildman–Crippen LogP) is 3.18. The molecule has 0 saturated heterocycles. The summed E-state index contributed by atoms with van der Waals surface area (Å²) >= 11 is 0. The number of carbonyl (C=O) groups is 1. The van der Waals surface area contributed by atoms with Crippen LogP contribution in [0.25, 0.3) is 0 Å². The molecule has 0 spiro atoms. The molecule has 33 heavy (non-hydrogen) atoms. The number of hydrogen-bond acceptors (Lipinski definition) is 6. The molecule has 9 nitrogen and oxygen atoms in total. The smallest absolute Gasteiger partial charge is 0.315 e. The molecule has 3 rings (SSSR count). The van der Waals surface area contributed by atoms with Crippen molar-refractivity contribution in [3.8, 4) is 17.4 Å². The maximum Gasteiger partial charge on any atom is 0.315 e. The molecule has 0 radical (unpaired) electrons. The van der Waals surface area contributed by atoms with E-state index in [-0.39, 0.29) is 24.0 Å². The van der Waals surface area contributed by atoms with E-state index in [0.717, 1.165) is 11.1 Å². The van der Waals surface area contributed by atoms with Crippen LogP contribution < -0.4 is 24.8 Å². The number of sulfonamides is 1. The van der Waals surface area contributed by atoms with Crippen molar-refractivity contribution in [2.24, 2.45) is 0 Å². The van der Waals surface area contributed by atoms with Gasteiger partial charge < -0.3 is 20.1 Å². The second kappa shape index (κ2) is 11.3. The van der Waals surface area contributed by atoms with Gasteiger partial charge >= 0.3 is 6.03 Å². The molecule has 1 aromatic heterocycles. The van der Waals surface area contributed by atoms with Crippen molar-refractivity contribution in [1.82, 2.24) is 20.3 Å². The van der Waals surface area contributed by atoms with E-state index in [0.29, 0.717) is 24.0 Å². The fourth-order valence-electron chi connectivity index (χ4n) is 2.83. The Morgan fingerprint density at radius 3 is 2.15 bits per heavy atom. The quantitative estimate of drug-likeness (QED) is 0.419. The number of urea groups is 1. The molecule has 2 aromatic carbocycles. The zero-order chi connectivity index (χ0) is 23.7. The van der Waals surface area contributed by atoms with Gasteiger partial charge in [-0.2, -0.15) is 0 Å². The molecule has 1 heterocycles. The number of rotatable bonds is 10. The number of carbonyl (C=O) groups excluding carboxylic acids is 1. The minimum absolute atomic E-state index is 0.166.